The number of hydrogen-bond acceptors (Lipinski definition) is 4. The van der Waals surface area contributed by atoms with Crippen LogP contribution in [0, 0.1) is 5.92 Å². The van der Waals surface area contributed by atoms with Crippen LogP contribution in [0.3, 0.4) is 0 Å². The molecule has 0 aliphatic heterocycles. The Balaban J connectivity index is 1.79. The summed E-state index contributed by atoms with van der Waals surface area (Å²) in [5, 5.41) is 9.61. The monoisotopic (exact) mass is 340 g/mol. The molecule has 3 N–H and O–H groups in total. The third-order valence-electron chi connectivity index (χ3n) is 3.67. The van der Waals surface area contributed by atoms with E-state index in [-0.39, 0.29) is 11.5 Å². The van der Waals surface area contributed by atoms with Crippen molar-refractivity contribution < 1.29 is 4.79 Å². The number of carbonyl (C=O) groups excluding carboxylic acids is 1. The van der Waals surface area contributed by atoms with Gasteiger partial charge in [-0.1, -0.05) is 13.8 Å². The molecule has 25 heavy (non-hydrogen) atoms. The number of H-pyrrole nitrogens is 2. The van der Waals surface area contributed by atoms with Crippen molar-refractivity contribution in [3.63, 3.8) is 0 Å². The molecule has 130 valence electrons. The molecule has 3 heterocycles. The van der Waals surface area contributed by atoms with Gasteiger partial charge in [0, 0.05) is 42.8 Å². The van der Waals surface area contributed by atoms with Crippen molar-refractivity contribution >= 4 is 11.7 Å². The first kappa shape index (κ1) is 16.7. The summed E-state index contributed by atoms with van der Waals surface area (Å²) in [5.74, 6) is 1.08. The first-order valence-electron chi connectivity index (χ1n) is 8.00. The van der Waals surface area contributed by atoms with E-state index in [1.807, 2.05) is 31.7 Å². The van der Waals surface area contributed by atoms with Crippen LogP contribution in [0.2, 0.25) is 0 Å². The minimum absolute atomic E-state index is 0.293. The van der Waals surface area contributed by atoms with Gasteiger partial charge in [-0.2, -0.15) is 5.10 Å². The fourth-order valence-corrected chi connectivity index (χ4v) is 2.60. The van der Waals surface area contributed by atoms with Crippen LogP contribution in [0.4, 0.5) is 5.82 Å². The predicted octanol–water partition coefficient (Wildman–Crippen LogP) is 1.95. The average molecular weight is 340 g/mol. The summed E-state index contributed by atoms with van der Waals surface area (Å²) >= 11 is 0. The second-order valence-corrected chi connectivity index (χ2v) is 6.34. The van der Waals surface area contributed by atoms with Crippen molar-refractivity contribution in [1.82, 2.24) is 24.7 Å². The average Bonchev–Trinajstić information content (AvgIpc) is 3.14. The summed E-state index contributed by atoms with van der Waals surface area (Å²) in [6.45, 7) is 4.10. The molecule has 3 rings (SSSR count). The number of aryl methyl sites for hydroxylation is 1. The van der Waals surface area contributed by atoms with E-state index < -0.39 is 0 Å². The van der Waals surface area contributed by atoms with Crippen LogP contribution in [0.5, 0.6) is 0 Å². The standard InChI is InChI=1S/C17H20N6O2/c1-10(2)6-12-7-11(8-15(24)19-12)17(25)20-14-9-13(21-22-14)16-18-4-5-23(16)3/h4-5,7-10H,6H2,1-3H3,(H,19,24)(H2,20,21,22,25). The number of aromatic amines is 2. The minimum atomic E-state index is -0.381. The number of amides is 1. The van der Waals surface area contributed by atoms with Gasteiger partial charge in [-0.15, -0.1) is 0 Å². The number of hydrogen-bond donors (Lipinski definition) is 3. The molecule has 3 aromatic rings. The van der Waals surface area contributed by atoms with Gasteiger partial charge in [0.05, 0.1) is 0 Å². The first-order chi connectivity index (χ1) is 11.9. The number of imidazole rings is 1. The molecule has 0 spiro atoms. The summed E-state index contributed by atoms with van der Waals surface area (Å²) in [6.07, 6.45) is 4.20. The lowest BCUT2D eigenvalue weighted by Crippen LogP contribution is -2.18. The van der Waals surface area contributed by atoms with Gasteiger partial charge in [0.1, 0.15) is 5.69 Å². The predicted molar refractivity (Wildman–Crippen MR) is 94.3 cm³/mol. The molecule has 0 radical (unpaired) electrons. The van der Waals surface area contributed by atoms with Gasteiger partial charge in [-0.05, 0) is 18.4 Å². The molecular weight excluding hydrogens is 320 g/mol. The van der Waals surface area contributed by atoms with E-state index in [9.17, 15) is 9.59 Å². The van der Waals surface area contributed by atoms with Crippen LogP contribution in [0.1, 0.15) is 29.9 Å². The SMILES string of the molecule is CC(C)Cc1cc(C(=O)Nc2cc(-c3nccn3C)[nH]n2)cc(=O)[nH]1. The van der Waals surface area contributed by atoms with Crippen LogP contribution < -0.4 is 10.9 Å². The third kappa shape index (κ3) is 3.85. The number of nitrogens with one attached hydrogen (secondary N) is 3. The maximum atomic E-state index is 12.4. The molecule has 0 aliphatic rings. The van der Waals surface area contributed by atoms with Crippen LogP contribution >= 0.6 is 0 Å². The van der Waals surface area contributed by atoms with E-state index in [1.54, 1.807) is 18.3 Å². The Morgan fingerprint density at radius 1 is 1.32 bits per heavy atom. The lowest BCUT2D eigenvalue weighted by molar-refractivity contribution is 0.102. The normalized spacial score (nSPS) is 11.0. The summed E-state index contributed by atoms with van der Waals surface area (Å²) < 4.78 is 1.84. The Labute approximate surface area is 144 Å². The van der Waals surface area contributed by atoms with Gasteiger partial charge in [0.2, 0.25) is 5.56 Å². The Morgan fingerprint density at radius 3 is 2.80 bits per heavy atom. The summed E-state index contributed by atoms with van der Waals surface area (Å²) in [7, 11) is 1.87. The molecule has 0 bridgehead atoms. The molecule has 3 aromatic heterocycles. The van der Waals surface area contributed by atoms with Crippen molar-refractivity contribution in [1.29, 1.82) is 0 Å². The second kappa shape index (κ2) is 6.76. The highest BCUT2D eigenvalue weighted by Gasteiger charge is 2.13. The van der Waals surface area contributed by atoms with Gasteiger partial charge >= 0.3 is 0 Å². The molecular formula is C17H20N6O2. The fourth-order valence-electron chi connectivity index (χ4n) is 2.60. The van der Waals surface area contributed by atoms with E-state index in [0.29, 0.717) is 35.2 Å². The number of pyridine rings is 1. The van der Waals surface area contributed by atoms with Crippen LogP contribution in [-0.4, -0.2) is 30.6 Å². The Bertz CT molecular complexity index is 950. The van der Waals surface area contributed by atoms with Crippen LogP contribution in [-0.2, 0) is 13.5 Å². The lowest BCUT2D eigenvalue weighted by Gasteiger charge is -2.07. The van der Waals surface area contributed by atoms with Gasteiger partial charge in [0.25, 0.3) is 5.91 Å². The molecule has 0 aromatic carbocycles. The van der Waals surface area contributed by atoms with E-state index in [2.05, 4.69) is 25.5 Å². The maximum Gasteiger partial charge on any atom is 0.257 e. The van der Waals surface area contributed by atoms with Crippen molar-refractivity contribution in [2.24, 2.45) is 13.0 Å². The van der Waals surface area contributed by atoms with Gasteiger partial charge in [-0.3, -0.25) is 14.7 Å². The lowest BCUT2D eigenvalue weighted by atomic mass is 10.1. The Kier molecular flexibility index (Phi) is 4.51. The smallest absolute Gasteiger partial charge is 0.257 e. The van der Waals surface area contributed by atoms with Crippen molar-refractivity contribution in [2.75, 3.05) is 5.32 Å². The molecule has 0 atom stereocenters. The third-order valence-corrected chi connectivity index (χ3v) is 3.67. The van der Waals surface area contributed by atoms with E-state index >= 15 is 0 Å². The number of carbonyl (C=O) groups is 1. The Morgan fingerprint density at radius 2 is 2.12 bits per heavy atom. The number of aromatic nitrogens is 5. The summed E-state index contributed by atoms with van der Waals surface area (Å²) in [6, 6.07) is 4.68. The summed E-state index contributed by atoms with van der Waals surface area (Å²) in [5.41, 5.74) is 1.44. The first-order valence-corrected chi connectivity index (χ1v) is 8.00. The second-order valence-electron chi connectivity index (χ2n) is 6.34. The molecule has 0 unspecified atom stereocenters. The Hall–Kier alpha value is -3.16. The van der Waals surface area contributed by atoms with Crippen LogP contribution in [0.25, 0.3) is 11.5 Å². The van der Waals surface area contributed by atoms with E-state index in [4.69, 9.17) is 0 Å². The van der Waals surface area contributed by atoms with E-state index in [1.165, 1.54) is 6.07 Å². The number of rotatable bonds is 5. The van der Waals surface area contributed by atoms with Crippen molar-refractivity contribution in [3.05, 3.63) is 52.2 Å². The van der Waals surface area contributed by atoms with E-state index in [0.717, 1.165) is 5.69 Å². The van der Waals surface area contributed by atoms with Crippen LogP contribution in [0.15, 0.2) is 35.4 Å². The quantitative estimate of drug-likeness (QED) is 0.659. The number of anilines is 1. The molecule has 0 fully saturated rings. The molecule has 8 nitrogen and oxygen atoms in total. The van der Waals surface area contributed by atoms with Crippen molar-refractivity contribution in [3.8, 4) is 11.5 Å². The molecule has 1 amide bonds. The highest BCUT2D eigenvalue weighted by Crippen LogP contribution is 2.17. The van der Waals surface area contributed by atoms with Crippen molar-refractivity contribution in [2.45, 2.75) is 20.3 Å². The molecule has 0 aliphatic carbocycles. The molecule has 0 saturated heterocycles. The zero-order chi connectivity index (χ0) is 18.0. The van der Waals surface area contributed by atoms with Gasteiger partial charge in [-0.25, -0.2) is 4.98 Å². The highest BCUT2D eigenvalue weighted by atomic mass is 16.2. The fraction of sp³-hybridized carbons (Fsp3) is 0.294. The largest absolute Gasteiger partial charge is 0.333 e. The zero-order valence-electron chi connectivity index (χ0n) is 14.3. The summed E-state index contributed by atoms with van der Waals surface area (Å²) in [4.78, 5) is 31.2. The van der Waals surface area contributed by atoms with Gasteiger partial charge < -0.3 is 14.9 Å². The number of nitrogens with zero attached hydrogens (tertiary/aromatic N) is 3. The minimum Gasteiger partial charge on any atom is -0.333 e. The molecule has 8 heteroatoms. The molecule has 0 saturated carbocycles. The van der Waals surface area contributed by atoms with Gasteiger partial charge in [0.15, 0.2) is 11.6 Å². The topological polar surface area (TPSA) is 108 Å². The zero-order valence-corrected chi connectivity index (χ0v) is 14.3. The maximum absolute atomic E-state index is 12.4. The highest BCUT2D eigenvalue weighted by molar-refractivity contribution is 6.03.